The topological polar surface area (TPSA) is 58.3 Å². The van der Waals surface area contributed by atoms with Gasteiger partial charge in [-0.3, -0.25) is 0 Å². The molecule has 0 spiro atoms. The molecule has 0 unspecified atom stereocenters. The van der Waals surface area contributed by atoms with Crippen molar-refractivity contribution in [2.24, 2.45) is 0 Å². The third kappa shape index (κ3) is 2.56. The summed E-state index contributed by atoms with van der Waals surface area (Å²) in [5, 5.41) is 13.1. The molecule has 1 rings (SSSR count). The van der Waals surface area contributed by atoms with Crippen molar-refractivity contribution in [2.45, 2.75) is 45.4 Å². The van der Waals surface area contributed by atoms with E-state index in [1.54, 1.807) is 20.0 Å². The summed E-state index contributed by atoms with van der Waals surface area (Å²) in [6.45, 7) is 8.02. The average molecular weight is 198 g/mol. The van der Waals surface area contributed by atoms with E-state index in [4.69, 9.17) is 4.42 Å². The van der Waals surface area contributed by atoms with Crippen LogP contribution in [0.15, 0.2) is 17.0 Å². The predicted molar refractivity (Wildman–Crippen MR) is 53.7 cm³/mol. The lowest BCUT2D eigenvalue weighted by Crippen LogP contribution is -2.55. The summed E-state index contributed by atoms with van der Waals surface area (Å²) < 4.78 is 5.09. The fourth-order valence-corrected chi connectivity index (χ4v) is 0.854. The summed E-state index contributed by atoms with van der Waals surface area (Å²) in [6.07, 6.45) is 3.06. The fourth-order valence-electron chi connectivity index (χ4n) is 0.854. The number of aromatic nitrogens is 1. The Kier molecular flexibility index (Phi) is 2.97. The number of hydrogen-bond acceptors (Lipinski definition) is 4. The minimum atomic E-state index is -0.785. The van der Waals surface area contributed by atoms with Gasteiger partial charge in [0.2, 0.25) is 0 Å². The number of oxazole rings is 1. The second-order valence-corrected chi connectivity index (χ2v) is 4.51. The first-order valence-corrected chi connectivity index (χ1v) is 4.68. The Balaban J connectivity index is 2.53. The van der Waals surface area contributed by atoms with E-state index in [0.717, 1.165) is 5.76 Å². The lowest BCUT2D eigenvalue weighted by Gasteiger charge is -2.38. The van der Waals surface area contributed by atoms with E-state index >= 15 is 0 Å². The molecule has 0 bridgehead atoms. The quantitative estimate of drug-likeness (QED) is 0.766. The van der Waals surface area contributed by atoms with Crippen molar-refractivity contribution in [3.8, 4) is 0 Å². The molecule has 0 amide bonds. The summed E-state index contributed by atoms with van der Waals surface area (Å²) in [5.41, 5.74) is -1.16. The van der Waals surface area contributed by atoms with Crippen molar-refractivity contribution in [3.63, 3.8) is 0 Å². The molecule has 0 saturated heterocycles. The number of rotatable bonds is 4. The lowest BCUT2D eigenvalue weighted by atomic mass is 9.86. The van der Waals surface area contributed by atoms with Crippen LogP contribution in [-0.2, 0) is 6.54 Å². The van der Waals surface area contributed by atoms with Crippen LogP contribution in [0.3, 0.4) is 0 Å². The highest BCUT2D eigenvalue weighted by Gasteiger charge is 2.34. The molecule has 0 aromatic carbocycles. The maximum atomic E-state index is 9.87. The third-order valence-corrected chi connectivity index (χ3v) is 2.72. The summed E-state index contributed by atoms with van der Waals surface area (Å²) in [5.74, 6) is 0.766. The Labute approximate surface area is 84.3 Å². The summed E-state index contributed by atoms with van der Waals surface area (Å²) >= 11 is 0. The largest absolute Gasteiger partial charge is 0.447 e. The smallest absolute Gasteiger partial charge is 0.180 e. The maximum Gasteiger partial charge on any atom is 0.180 e. The van der Waals surface area contributed by atoms with Gasteiger partial charge in [0.25, 0.3) is 0 Å². The molecule has 0 aliphatic heterocycles. The Morgan fingerprint density at radius 1 is 1.43 bits per heavy atom. The maximum absolute atomic E-state index is 9.87. The van der Waals surface area contributed by atoms with Crippen molar-refractivity contribution in [2.75, 3.05) is 0 Å². The molecular weight excluding hydrogens is 180 g/mol. The first-order chi connectivity index (χ1) is 6.33. The lowest BCUT2D eigenvalue weighted by molar-refractivity contribution is -0.00601. The first-order valence-electron chi connectivity index (χ1n) is 4.68. The van der Waals surface area contributed by atoms with Gasteiger partial charge in [0.05, 0.1) is 18.3 Å². The molecular formula is C10H18N2O2. The molecule has 0 saturated carbocycles. The average Bonchev–Trinajstić information content (AvgIpc) is 2.50. The van der Waals surface area contributed by atoms with Gasteiger partial charge in [0.15, 0.2) is 6.39 Å². The van der Waals surface area contributed by atoms with Gasteiger partial charge in [-0.15, -0.1) is 0 Å². The fraction of sp³-hybridized carbons (Fsp3) is 0.700. The molecule has 14 heavy (non-hydrogen) atoms. The molecule has 0 fully saturated rings. The van der Waals surface area contributed by atoms with Gasteiger partial charge < -0.3 is 14.8 Å². The summed E-state index contributed by atoms with van der Waals surface area (Å²) in [7, 11) is 0. The minimum Gasteiger partial charge on any atom is -0.447 e. The van der Waals surface area contributed by atoms with Crippen molar-refractivity contribution in [1.82, 2.24) is 10.3 Å². The van der Waals surface area contributed by atoms with Gasteiger partial charge in [-0.2, -0.15) is 0 Å². The van der Waals surface area contributed by atoms with Crippen LogP contribution in [0.5, 0.6) is 0 Å². The molecule has 0 radical (unpaired) electrons. The monoisotopic (exact) mass is 198 g/mol. The first kappa shape index (κ1) is 11.2. The minimum absolute atomic E-state index is 0.375. The van der Waals surface area contributed by atoms with Gasteiger partial charge in [-0.1, -0.05) is 0 Å². The Bertz CT molecular complexity index is 273. The van der Waals surface area contributed by atoms with E-state index in [2.05, 4.69) is 10.3 Å². The van der Waals surface area contributed by atoms with Crippen LogP contribution in [0, 0.1) is 0 Å². The van der Waals surface area contributed by atoms with Crippen LogP contribution in [-0.4, -0.2) is 21.2 Å². The molecule has 4 heteroatoms. The van der Waals surface area contributed by atoms with Crippen LogP contribution < -0.4 is 5.32 Å². The zero-order valence-electron chi connectivity index (χ0n) is 9.16. The Morgan fingerprint density at radius 3 is 2.50 bits per heavy atom. The molecule has 2 N–H and O–H groups in total. The van der Waals surface area contributed by atoms with Gasteiger partial charge >= 0.3 is 0 Å². The third-order valence-electron chi connectivity index (χ3n) is 2.72. The Hall–Kier alpha value is -0.870. The van der Waals surface area contributed by atoms with Crippen LogP contribution in [0.25, 0.3) is 0 Å². The molecule has 1 aromatic rings. The van der Waals surface area contributed by atoms with Gasteiger partial charge in [-0.05, 0) is 27.7 Å². The number of hydrogen-bond donors (Lipinski definition) is 2. The number of aliphatic hydroxyl groups is 1. The summed E-state index contributed by atoms with van der Waals surface area (Å²) in [4.78, 5) is 3.82. The molecule has 0 atom stereocenters. The van der Waals surface area contributed by atoms with Crippen LogP contribution in [0.2, 0.25) is 0 Å². The molecule has 4 nitrogen and oxygen atoms in total. The van der Waals surface area contributed by atoms with Crippen LogP contribution in [0.1, 0.15) is 33.5 Å². The highest BCUT2D eigenvalue weighted by Crippen LogP contribution is 2.20. The number of nitrogens with zero attached hydrogens (tertiary/aromatic N) is 1. The van der Waals surface area contributed by atoms with Crippen molar-refractivity contribution in [3.05, 3.63) is 18.4 Å². The van der Waals surface area contributed by atoms with E-state index < -0.39 is 5.60 Å². The van der Waals surface area contributed by atoms with E-state index in [-0.39, 0.29) is 5.54 Å². The highest BCUT2D eigenvalue weighted by atomic mass is 16.3. The van der Waals surface area contributed by atoms with Crippen molar-refractivity contribution < 1.29 is 9.52 Å². The van der Waals surface area contributed by atoms with Crippen LogP contribution >= 0.6 is 0 Å². The molecule has 80 valence electrons. The van der Waals surface area contributed by atoms with Crippen molar-refractivity contribution in [1.29, 1.82) is 0 Å². The van der Waals surface area contributed by atoms with Crippen LogP contribution in [0.4, 0.5) is 0 Å². The van der Waals surface area contributed by atoms with E-state index in [0.29, 0.717) is 6.54 Å². The molecule has 0 aliphatic carbocycles. The predicted octanol–water partition coefficient (Wildman–Crippen LogP) is 1.31. The zero-order chi connectivity index (χ0) is 10.8. The second kappa shape index (κ2) is 3.71. The SMILES string of the molecule is CC(C)(O)C(C)(C)NCc1cnco1. The Morgan fingerprint density at radius 2 is 2.07 bits per heavy atom. The van der Waals surface area contributed by atoms with Gasteiger partial charge in [0, 0.05) is 5.54 Å². The van der Waals surface area contributed by atoms with Gasteiger partial charge in [0.1, 0.15) is 5.76 Å². The molecule has 1 heterocycles. The number of nitrogens with one attached hydrogen (secondary N) is 1. The molecule has 0 aliphatic rings. The van der Waals surface area contributed by atoms with E-state index in [1.165, 1.54) is 6.39 Å². The second-order valence-electron chi connectivity index (χ2n) is 4.51. The zero-order valence-corrected chi connectivity index (χ0v) is 9.16. The normalized spacial score (nSPS) is 13.2. The standard InChI is InChI=1S/C10H18N2O2/c1-9(2,10(3,4)13)12-6-8-5-11-7-14-8/h5,7,12-13H,6H2,1-4H3. The van der Waals surface area contributed by atoms with E-state index in [9.17, 15) is 5.11 Å². The molecule has 1 aromatic heterocycles. The highest BCUT2D eigenvalue weighted by molar-refractivity contribution is 4.96. The van der Waals surface area contributed by atoms with Gasteiger partial charge in [-0.25, -0.2) is 4.98 Å². The summed E-state index contributed by atoms with van der Waals surface area (Å²) in [6, 6.07) is 0. The van der Waals surface area contributed by atoms with Crippen molar-refractivity contribution >= 4 is 0 Å². The van der Waals surface area contributed by atoms with E-state index in [1.807, 2.05) is 13.8 Å².